The zero-order valence-electron chi connectivity index (χ0n) is 8.17. The van der Waals surface area contributed by atoms with Gasteiger partial charge in [0, 0.05) is 5.02 Å². The summed E-state index contributed by atoms with van der Waals surface area (Å²) in [5, 5.41) is 16.4. The maximum Gasteiger partial charge on any atom is 0.327 e. The lowest BCUT2D eigenvalue weighted by atomic mass is 10.2. The highest BCUT2D eigenvalue weighted by Gasteiger charge is 2.11. The largest absolute Gasteiger partial charge is 0.480 e. The van der Waals surface area contributed by atoms with E-state index >= 15 is 0 Å². The number of carboxylic acids is 1. The number of azo groups is 1. The third-order valence-corrected chi connectivity index (χ3v) is 2.89. The number of carboxylic acid groups (broad SMARTS) is 1. The van der Waals surface area contributed by atoms with Crippen LogP contribution in [0, 0.1) is 6.92 Å². The molecule has 1 N–H and O–H groups in total. The third-order valence-electron chi connectivity index (χ3n) is 1.75. The fourth-order valence-electron chi connectivity index (χ4n) is 0.933. The summed E-state index contributed by atoms with van der Waals surface area (Å²) < 4.78 is 0. The van der Waals surface area contributed by atoms with E-state index in [1.165, 1.54) is 6.07 Å². The van der Waals surface area contributed by atoms with Gasteiger partial charge >= 0.3 is 5.97 Å². The second-order valence-corrected chi connectivity index (χ2v) is 4.11. The normalized spacial score (nSPS) is 11.0. The molecule has 0 radical (unpaired) electrons. The quantitative estimate of drug-likeness (QED) is 0.847. The van der Waals surface area contributed by atoms with Gasteiger partial charge < -0.3 is 5.11 Å². The van der Waals surface area contributed by atoms with E-state index in [1.807, 2.05) is 0 Å². The molecule has 7 heteroatoms. The number of halogens is 3. The van der Waals surface area contributed by atoms with Crippen molar-refractivity contribution in [3.05, 3.63) is 26.7 Å². The van der Waals surface area contributed by atoms with Gasteiger partial charge in [-0.2, -0.15) is 10.2 Å². The van der Waals surface area contributed by atoms with Gasteiger partial charge in [0.15, 0.2) is 6.54 Å². The molecule has 0 aromatic heterocycles. The predicted octanol–water partition coefficient (Wildman–Crippen LogP) is 4.12. The van der Waals surface area contributed by atoms with E-state index in [1.54, 1.807) is 6.92 Å². The van der Waals surface area contributed by atoms with Crippen LogP contribution in [0.5, 0.6) is 0 Å². The molecule has 0 aliphatic carbocycles. The summed E-state index contributed by atoms with van der Waals surface area (Å²) in [7, 11) is 0. The third kappa shape index (κ3) is 3.07. The fraction of sp³-hybridized carbons (Fsp3) is 0.222. The van der Waals surface area contributed by atoms with Crippen LogP contribution in [0.4, 0.5) is 5.69 Å². The van der Waals surface area contributed by atoms with Crippen LogP contribution in [0.25, 0.3) is 0 Å². The molecule has 1 rings (SSSR count). The second-order valence-electron chi connectivity index (χ2n) is 2.92. The first-order valence-corrected chi connectivity index (χ1v) is 5.30. The minimum absolute atomic E-state index is 0.228. The maximum atomic E-state index is 10.2. The molecule has 0 aliphatic rings. The molecule has 86 valence electrons. The summed E-state index contributed by atoms with van der Waals surface area (Å²) in [5.41, 5.74) is 0.850. The predicted molar refractivity (Wildman–Crippen MR) is 63.2 cm³/mol. The molecule has 0 saturated carbocycles. The van der Waals surface area contributed by atoms with Crippen LogP contribution < -0.4 is 0 Å². The highest BCUT2D eigenvalue weighted by Crippen LogP contribution is 2.39. The van der Waals surface area contributed by atoms with Gasteiger partial charge in [-0.1, -0.05) is 34.8 Å². The van der Waals surface area contributed by atoms with Crippen LogP contribution in [0.3, 0.4) is 0 Å². The van der Waals surface area contributed by atoms with Crippen molar-refractivity contribution >= 4 is 46.5 Å². The van der Waals surface area contributed by atoms with Gasteiger partial charge in [0.2, 0.25) is 0 Å². The zero-order valence-corrected chi connectivity index (χ0v) is 10.4. The Hall–Kier alpha value is -0.840. The van der Waals surface area contributed by atoms with Gasteiger partial charge in [0.05, 0.1) is 10.0 Å². The van der Waals surface area contributed by atoms with Crippen LogP contribution in [-0.2, 0) is 4.79 Å². The Labute approximate surface area is 107 Å². The summed E-state index contributed by atoms with van der Waals surface area (Å²) in [6, 6.07) is 1.49. The minimum atomic E-state index is -1.08. The first-order chi connectivity index (χ1) is 7.43. The Morgan fingerprint density at radius 2 is 2.00 bits per heavy atom. The zero-order chi connectivity index (χ0) is 12.3. The van der Waals surface area contributed by atoms with Crippen molar-refractivity contribution in [3.63, 3.8) is 0 Å². The van der Waals surface area contributed by atoms with Gasteiger partial charge in [-0.3, -0.25) is 4.79 Å². The number of aliphatic carboxylic acids is 1. The lowest BCUT2D eigenvalue weighted by molar-refractivity contribution is -0.135. The topological polar surface area (TPSA) is 62.0 Å². The smallest absolute Gasteiger partial charge is 0.327 e. The fourth-order valence-corrected chi connectivity index (χ4v) is 1.77. The number of benzene rings is 1. The summed E-state index contributed by atoms with van der Waals surface area (Å²) in [6.07, 6.45) is 0. The highest BCUT2D eigenvalue weighted by atomic mass is 35.5. The number of rotatable bonds is 3. The summed E-state index contributed by atoms with van der Waals surface area (Å²) in [5.74, 6) is -1.08. The van der Waals surface area contributed by atoms with E-state index < -0.39 is 12.5 Å². The first kappa shape index (κ1) is 13.2. The number of hydrogen-bond acceptors (Lipinski definition) is 3. The van der Waals surface area contributed by atoms with Crippen molar-refractivity contribution in [2.75, 3.05) is 6.54 Å². The molecule has 1 aromatic rings. The molecular weight excluding hydrogens is 274 g/mol. The van der Waals surface area contributed by atoms with Gasteiger partial charge in [-0.25, -0.2) is 0 Å². The van der Waals surface area contributed by atoms with Gasteiger partial charge in [0.1, 0.15) is 5.69 Å². The van der Waals surface area contributed by atoms with E-state index in [2.05, 4.69) is 10.2 Å². The molecule has 0 heterocycles. The molecule has 0 fully saturated rings. The summed E-state index contributed by atoms with van der Waals surface area (Å²) in [4.78, 5) is 10.2. The lowest BCUT2D eigenvalue weighted by Gasteiger charge is -2.05. The van der Waals surface area contributed by atoms with Crippen LogP contribution in [0.1, 0.15) is 5.56 Å². The summed E-state index contributed by atoms with van der Waals surface area (Å²) >= 11 is 17.6. The van der Waals surface area contributed by atoms with Crippen molar-refractivity contribution < 1.29 is 9.90 Å². The second kappa shape index (κ2) is 5.48. The van der Waals surface area contributed by atoms with Crippen LogP contribution in [0.15, 0.2) is 16.3 Å². The maximum absolute atomic E-state index is 10.2. The van der Waals surface area contributed by atoms with Crippen LogP contribution >= 0.6 is 34.8 Å². The SMILES string of the molecule is Cc1c(Cl)cc(Cl)c(N=NCC(=O)O)c1Cl. The monoisotopic (exact) mass is 280 g/mol. The molecule has 16 heavy (non-hydrogen) atoms. The van der Waals surface area contributed by atoms with E-state index in [4.69, 9.17) is 39.9 Å². The molecular formula is C9H7Cl3N2O2. The molecule has 0 aliphatic heterocycles. The van der Waals surface area contributed by atoms with Gasteiger partial charge in [0.25, 0.3) is 0 Å². The molecule has 0 spiro atoms. The lowest BCUT2D eigenvalue weighted by Crippen LogP contribution is -1.97. The van der Waals surface area contributed by atoms with Crippen molar-refractivity contribution in [2.45, 2.75) is 6.92 Å². The molecule has 0 unspecified atom stereocenters. The van der Waals surface area contributed by atoms with Crippen molar-refractivity contribution in [1.29, 1.82) is 0 Å². The van der Waals surface area contributed by atoms with Crippen molar-refractivity contribution in [3.8, 4) is 0 Å². The minimum Gasteiger partial charge on any atom is -0.480 e. The Kier molecular flexibility index (Phi) is 4.53. The average molecular weight is 282 g/mol. The molecule has 1 aromatic carbocycles. The van der Waals surface area contributed by atoms with E-state index in [0.29, 0.717) is 10.6 Å². The molecule has 0 saturated heterocycles. The molecule has 0 atom stereocenters. The van der Waals surface area contributed by atoms with Gasteiger partial charge in [-0.05, 0) is 18.6 Å². The number of hydrogen-bond donors (Lipinski definition) is 1. The average Bonchev–Trinajstić information content (AvgIpc) is 2.19. The Balaban J connectivity index is 3.09. The molecule has 0 bridgehead atoms. The number of nitrogens with zero attached hydrogens (tertiary/aromatic N) is 2. The molecule has 0 amide bonds. The molecule has 4 nitrogen and oxygen atoms in total. The summed E-state index contributed by atoms with van der Waals surface area (Å²) in [6.45, 7) is 1.27. The standard InChI is InChI=1S/C9H7Cl3N2O2/c1-4-5(10)2-6(11)9(8(4)12)14-13-3-7(15)16/h2H,3H2,1H3,(H,15,16). The van der Waals surface area contributed by atoms with Gasteiger partial charge in [-0.15, -0.1) is 0 Å². The Morgan fingerprint density at radius 3 is 2.56 bits per heavy atom. The first-order valence-electron chi connectivity index (χ1n) is 4.17. The highest BCUT2D eigenvalue weighted by molar-refractivity contribution is 6.42. The van der Waals surface area contributed by atoms with E-state index in [0.717, 1.165) is 0 Å². The Bertz CT molecular complexity index is 461. The number of carbonyl (C=O) groups is 1. The van der Waals surface area contributed by atoms with Crippen molar-refractivity contribution in [2.24, 2.45) is 10.2 Å². The van der Waals surface area contributed by atoms with E-state index in [9.17, 15) is 4.79 Å². The van der Waals surface area contributed by atoms with E-state index in [-0.39, 0.29) is 15.7 Å². The van der Waals surface area contributed by atoms with Crippen molar-refractivity contribution in [1.82, 2.24) is 0 Å². The van der Waals surface area contributed by atoms with Crippen LogP contribution in [0.2, 0.25) is 15.1 Å². The van der Waals surface area contributed by atoms with Crippen LogP contribution in [-0.4, -0.2) is 17.6 Å². The Morgan fingerprint density at radius 1 is 1.38 bits per heavy atom.